The van der Waals surface area contributed by atoms with Crippen LogP contribution in [0.2, 0.25) is 0 Å². The lowest BCUT2D eigenvalue weighted by Gasteiger charge is -1.73. The predicted molar refractivity (Wildman–Crippen MR) is 40.4 cm³/mol. The lowest BCUT2D eigenvalue weighted by atomic mass is 10.6. The number of thiophene rings is 1. The number of rotatable bonds is 0. The van der Waals surface area contributed by atoms with Crippen LogP contribution in [0.5, 0.6) is 0 Å². The van der Waals surface area contributed by atoms with E-state index in [-0.39, 0.29) is 12.4 Å². The molecule has 0 saturated heterocycles. The van der Waals surface area contributed by atoms with Crippen LogP contribution in [0.1, 0.15) is 0 Å². The average Bonchev–Trinajstić information content (AvgIpc) is 1.87. The Morgan fingerprint density at radius 3 is 1.62 bits per heavy atom. The first-order valence-corrected chi connectivity index (χ1v) is 2.71. The summed E-state index contributed by atoms with van der Waals surface area (Å²) >= 11 is 1.40. The van der Waals surface area contributed by atoms with Gasteiger partial charge in [-0.2, -0.15) is 0 Å². The molecule has 0 spiro atoms. The summed E-state index contributed by atoms with van der Waals surface area (Å²) in [5, 5.41) is 1.55. The lowest BCUT2D eigenvalue weighted by molar-refractivity contribution is 1.91. The van der Waals surface area contributed by atoms with Gasteiger partial charge in [-0.05, 0) is 12.1 Å². The molecule has 0 aromatic carbocycles. The maximum atomic E-state index is 5.32. The monoisotopic (exact) mass is 150 g/mol. The van der Waals surface area contributed by atoms with E-state index < -0.39 is 0 Å². The molecule has 8 heavy (non-hydrogen) atoms. The first kappa shape index (κ1) is 7.59. The average molecular weight is 151 g/mol. The molecule has 1 aromatic rings. The summed E-state index contributed by atoms with van der Waals surface area (Å²) in [4.78, 5) is 0. The van der Waals surface area contributed by atoms with Crippen LogP contribution in [0, 0.1) is 0 Å². The molecule has 0 radical (unpaired) electrons. The van der Waals surface area contributed by atoms with Crippen LogP contribution < -0.4 is 11.5 Å². The van der Waals surface area contributed by atoms with Crippen LogP contribution in [-0.2, 0) is 0 Å². The van der Waals surface area contributed by atoms with Crippen LogP contribution in [0.4, 0.5) is 10.0 Å². The van der Waals surface area contributed by atoms with Crippen LogP contribution in [0.15, 0.2) is 12.1 Å². The number of nitrogens with two attached hydrogens (primary N) is 2. The van der Waals surface area contributed by atoms with Crippen LogP contribution in [0.25, 0.3) is 0 Å². The molecule has 0 bridgehead atoms. The van der Waals surface area contributed by atoms with Crippen molar-refractivity contribution in [2.75, 3.05) is 11.5 Å². The van der Waals surface area contributed by atoms with Gasteiger partial charge in [-0.1, -0.05) is 0 Å². The Labute approximate surface area is 57.9 Å². The van der Waals surface area contributed by atoms with Crippen LogP contribution in [-0.4, -0.2) is 0 Å². The highest BCUT2D eigenvalue weighted by Crippen LogP contribution is 2.18. The van der Waals surface area contributed by atoms with Crippen molar-refractivity contribution in [3.63, 3.8) is 0 Å². The molecule has 1 aromatic heterocycles. The van der Waals surface area contributed by atoms with Gasteiger partial charge in [-0.25, -0.2) is 0 Å². The summed E-state index contributed by atoms with van der Waals surface area (Å²) in [6, 6.07) is 3.58. The van der Waals surface area contributed by atoms with Gasteiger partial charge in [0.05, 0.1) is 10.0 Å². The molecule has 0 aliphatic rings. The van der Waals surface area contributed by atoms with Gasteiger partial charge in [-0.3, -0.25) is 0 Å². The fourth-order valence-electron chi connectivity index (χ4n) is 0.368. The van der Waals surface area contributed by atoms with Gasteiger partial charge in [0.2, 0.25) is 0 Å². The molecule has 1 rings (SSSR count). The summed E-state index contributed by atoms with van der Waals surface area (Å²) < 4.78 is 0. The number of nitrogen functional groups attached to an aromatic ring is 2. The van der Waals surface area contributed by atoms with Gasteiger partial charge in [0.15, 0.2) is 0 Å². The van der Waals surface area contributed by atoms with Crippen LogP contribution >= 0.6 is 23.7 Å². The molecule has 1 heterocycles. The standard InChI is InChI=1S/C4H6N2S.ClH/c5-3-1-2-4(6)7-3;/h1-2H,5-6H2;1H. The van der Waals surface area contributed by atoms with Crippen molar-refractivity contribution in [2.45, 2.75) is 0 Å². The quantitative estimate of drug-likeness (QED) is 0.587. The largest absolute Gasteiger partial charge is 0.391 e. The predicted octanol–water partition coefficient (Wildman–Crippen LogP) is 1.33. The molecule has 0 aliphatic carbocycles. The minimum atomic E-state index is 0. The van der Waals surface area contributed by atoms with Crippen molar-refractivity contribution in [3.8, 4) is 0 Å². The maximum absolute atomic E-state index is 5.32. The topological polar surface area (TPSA) is 52.0 Å². The highest BCUT2D eigenvalue weighted by Gasteiger charge is 1.85. The molecular formula is C4H7ClN2S. The zero-order chi connectivity index (χ0) is 5.28. The molecule has 0 amide bonds. The number of halogens is 1. The zero-order valence-electron chi connectivity index (χ0n) is 4.13. The molecular weight excluding hydrogens is 144 g/mol. The molecule has 46 valence electrons. The molecule has 0 atom stereocenters. The van der Waals surface area contributed by atoms with Gasteiger partial charge in [-0.15, -0.1) is 23.7 Å². The second-order valence-corrected chi connectivity index (χ2v) is 2.39. The summed E-state index contributed by atoms with van der Waals surface area (Å²) in [6.45, 7) is 0. The smallest absolute Gasteiger partial charge is 0.0878 e. The number of hydrogen-bond acceptors (Lipinski definition) is 3. The second kappa shape index (κ2) is 2.79. The van der Waals surface area contributed by atoms with E-state index in [1.807, 2.05) is 0 Å². The zero-order valence-corrected chi connectivity index (χ0v) is 5.76. The third-order valence-corrected chi connectivity index (χ3v) is 1.39. The molecule has 0 unspecified atom stereocenters. The Balaban J connectivity index is 0.000000490. The van der Waals surface area contributed by atoms with Gasteiger partial charge in [0.25, 0.3) is 0 Å². The van der Waals surface area contributed by atoms with Gasteiger partial charge >= 0.3 is 0 Å². The molecule has 0 aliphatic heterocycles. The summed E-state index contributed by atoms with van der Waals surface area (Å²) in [5.74, 6) is 0. The second-order valence-electron chi connectivity index (χ2n) is 1.24. The van der Waals surface area contributed by atoms with Crippen molar-refractivity contribution in [3.05, 3.63) is 12.1 Å². The Bertz CT molecular complexity index is 146. The van der Waals surface area contributed by atoms with Gasteiger partial charge in [0.1, 0.15) is 0 Å². The first-order valence-electron chi connectivity index (χ1n) is 1.90. The van der Waals surface area contributed by atoms with Gasteiger partial charge < -0.3 is 11.5 Å². The minimum Gasteiger partial charge on any atom is -0.391 e. The number of hydrogen-bond donors (Lipinski definition) is 2. The SMILES string of the molecule is Cl.Nc1ccc(N)s1. The maximum Gasteiger partial charge on any atom is 0.0878 e. The highest BCUT2D eigenvalue weighted by atomic mass is 35.5. The third kappa shape index (κ3) is 1.60. The first-order chi connectivity index (χ1) is 3.29. The third-order valence-electron chi connectivity index (χ3n) is 0.648. The fourth-order valence-corrected chi connectivity index (χ4v) is 0.913. The van der Waals surface area contributed by atoms with E-state index in [0.29, 0.717) is 0 Å². The normalized spacial score (nSPS) is 8.00. The Kier molecular flexibility index (Phi) is 2.65. The van der Waals surface area contributed by atoms with E-state index >= 15 is 0 Å². The summed E-state index contributed by atoms with van der Waals surface area (Å²) in [7, 11) is 0. The molecule has 4 N–H and O–H groups in total. The fraction of sp³-hybridized carbons (Fsp3) is 0. The van der Waals surface area contributed by atoms with E-state index in [1.165, 1.54) is 11.3 Å². The molecule has 4 heteroatoms. The summed E-state index contributed by atoms with van der Waals surface area (Å²) in [6.07, 6.45) is 0. The van der Waals surface area contributed by atoms with Crippen LogP contribution in [0.3, 0.4) is 0 Å². The van der Waals surface area contributed by atoms with E-state index in [4.69, 9.17) is 11.5 Å². The molecule has 2 nitrogen and oxygen atoms in total. The summed E-state index contributed by atoms with van der Waals surface area (Å²) in [5.41, 5.74) is 10.6. The van der Waals surface area contributed by atoms with Crippen molar-refractivity contribution in [1.29, 1.82) is 0 Å². The van der Waals surface area contributed by atoms with E-state index in [9.17, 15) is 0 Å². The van der Waals surface area contributed by atoms with Crippen molar-refractivity contribution >= 4 is 33.7 Å². The van der Waals surface area contributed by atoms with E-state index in [2.05, 4.69) is 0 Å². The molecule has 0 fully saturated rings. The Morgan fingerprint density at radius 2 is 1.50 bits per heavy atom. The van der Waals surface area contributed by atoms with Crippen molar-refractivity contribution in [2.24, 2.45) is 0 Å². The minimum absolute atomic E-state index is 0. The number of anilines is 2. The highest BCUT2D eigenvalue weighted by molar-refractivity contribution is 7.19. The lowest BCUT2D eigenvalue weighted by Crippen LogP contribution is -1.74. The van der Waals surface area contributed by atoms with E-state index in [0.717, 1.165) is 10.0 Å². The van der Waals surface area contributed by atoms with Crippen molar-refractivity contribution < 1.29 is 0 Å². The van der Waals surface area contributed by atoms with E-state index in [1.54, 1.807) is 12.1 Å². The Hall–Kier alpha value is -0.410. The van der Waals surface area contributed by atoms with Gasteiger partial charge in [0, 0.05) is 0 Å². The van der Waals surface area contributed by atoms with Crippen molar-refractivity contribution in [1.82, 2.24) is 0 Å². The molecule has 0 saturated carbocycles. The Morgan fingerprint density at radius 1 is 1.12 bits per heavy atom.